The number of aromatic hydroxyl groups is 2. The number of phenols is 2. The summed E-state index contributed by atoms with van der Waals surface area (Å²) in [6.45, 7) is 26.0. The summed E-state index contributed by atoms with van der Waals surface area (Å²) >= 11 is 0. The first-order valence-corrected chi connectivity index (χ1v) is 15.0. The van der Waals surface area contributed by atoms with Crippen molar-refractivity contribution in [3.05, 3.63) is 57.6 Å². The monoisotopic (exact) mass is 706 g/mol. The third-order valence-electron chi connectivity index (χ3n) is 8.13. The van der Waals surface area contributed by atoms with Crippen LogP contribution in [-0.2, 0) is 38.7 Å². The van der Waals surface area contributed by atoms with E-state index in [0.717, 1.165) is 47.9 Å². The van der Waals surface area contributed by atoms with Crippen LogP contribution in [0.2, 0.25) is 0 Å². The minimum absolute atomic E-state index is 0. The molecule has 4 nitrogen and oxygen atoms in total. The first-order valence-electron chi connectivity index (χ1n) is 15.0. The number of phenolic OH excluding ortho intramolecular Hbond substituents is 2. The van der Waals surface area contributed by atoms with Gasteiger partial charge in [-0.3, -0.25) is 9.98 Å². The number of rotatable bonds is 4. The molecule has 0 aliphatic heterocycles. The van der Waals surface area contributed by atoms with Gasteiger partial charge in [0, 0.05) is 34.7 Å². The van der Waals surface area contributed by atoms with E-state index < -0.39 is 0 Å². The molecule has 0 radical (unpaired) electrons. The van der Waals surface area contributed by atoms with Crippen molar-refractivity contribution in [1.29, 1.82) is 0 Å². The molecular weight excluding hydrogens is 654 g/mol. The van der Waals surface area contributed by atoms with E-state index in [9.17, 15) is 10.2 Å². The first kappa shape index (κ1) is 44.9. The average Bonchev–Trinajstić information content (AvgIpc) is 2.80. The zero-order valence-corrected chi connectivity index (χ0v) is 32.2. The molecule has 248 valence electrons. The van der Waals surface area contributed by atoms with Gasteiger partial charge >= 0.3 is 17.1 Å². The molecule has 1 aliphatic rings. The van der Waals surface area contributed by atoms with Crippen molar-refractivity contribution >= 4 is 12.4 Å². The fraction of sp³-hybridized carbons (Fsp3) is 0.611. The molecule has 1 fully saturated rings. The molecule has 0 saturated heterocycles. The van der Waals surface area contributed by atoms with Gasteiger partial charge in [0.05, 0.1) is 12.1 Å². The largest absolute Gasteiger partial charge is 3.00 e. The molecule has 0 heterocycles. The molecule has 0 aromatic heterocycles. The van der Waals surface area contributed by atoms with Crippen LogP contribution in [0.25, 0.3) is 0 Å². The minimum Gasteiger partial charge on any atom is -1.00 e. The van der Waals surface area contributed by atoms with Crippen LogP contribution in [0.3, 0.4) is 0 Å². The molecule has 2 aromatic carbocycles. The van der Waals surface area contributed by atoms with E-state index in [1.807, 2.05) is 12.4 Å². The van der Waals surface area contributed by atoms with Crippen LogP contribution in [0.15, 0.2) is 34.3 Å². The van der Waals surface area contributed by atoms with E-state index in [2.05, 4.69) is 107 Å². The van der Waals surface area contributed by atoms with Gasteiger partial charge in [0.1, 0.15) is 11.5 Å². The third kappa shape index (κ3) is 11.2. The van der Waals surface area contributed by atoms with Gasteiger partial charge in [-0.1, -0.05) is 108 Å². The van der Waals surface area contributed by atoms with Gasteiger partial charge in [0.15, 0.2) is 0 Å². The van der Waals surface area contributed by atoms with Gasteiger partial charge in [-0.25, -0.2) is 0 Å². The maximum atomic E-state index is 11.2. The third-order valence-corrected chi connectivity index (χ3v) is 8.13. The van der Waals surface area contributed by atoms with Crippen LogP contribution < -0.4 is 37.2 Å². The second kappa shape index (κ2) is 16.5. The zero-order chi connectivity index (χ0) is 30.3. The van der Waals surface area contributed by atoms with E-state index in [4.69, 9.17) is 9.98 Å². The SMILES string of the molecule is CC(C)(C)c1cc(C=NC2CCCCC2N=Cc2cc(C(C)(C)C)cc(C(C)(C)C)c2O)c(O)c(C(C)(C)C)c1.[Cl-].[Cl-].[Cl-].[Mn+3]. The summed E-state index contributed by atoms with van der Waals surface area (Å²) < 4.78 is 0. The van der Waals surface area contributed by atoms with Crippen molar-refractivity contribution in [2.45, 2.75) is 143 Å². The summed E-state index contributed by atoms with van der Waals surface area (Å²) in [7, 11) is 0. The Balaban J connectivity index is 0. The minimum atomic E-state index is -0.179. The summed E-state index contributed by atoms with van der Waals surface area (Å²) in [5, 5.41) is 22.5. The van der Waals surface area contributed by atoms with Crippen LogP contribution in [0.1, 0.15) is 142 Å². The summed E-state index contributed by atoms with van der Waals surface area (Å²) in [5.74, 6) is 0.637. The smallest absolute Gasteiger partial charge is 1.00 e. The van der Waals surface area contributed by atoms with E-state index in [1.54, 1.807) is 0 Å². The van der Waals surface area contributed by atoms with E-state index in [0.29, 0.717) is 11.5 Å². The van der Waals surface area contributed by atoms with Crippen molar-refractivity contribution in [2.75, 3.05) is 0 Å². The van der Waals surface area contributed by atoms with Crippen LogP contribution in [0.4, 0.5) is 0 Å². The van der Waals surface area contributed by atoms with Gasteiger partial charge in [-0.2, -0.15) is 0 Å². The van der Waals surface area contributed by atoms with Crippen LogP contribution in [-0.4, -0.2) is 34.7 Å². The topological polar surface area (TPSA) is 65.2 Å². The van der Waals surface area contributed by atoms with Gasteiger partial charge in [0.25, 0.3) is 0 Å². The van der Waals surface area contributed by atoms with Gasteiger partial charge < -0.3 is 47.4 Å². The summed E-state index contributed by atoms with van der Waals surface area (Å²) in [5.41, 5.74) is 5.39. The molecule has 8 heteroatoms. The van der Waals surface area contributed by atoms with E-state index in [-0.39, 0.29) is 88.0 Å². The maximum absolute atomic E-state index is 11.2. The quantitative estimate of drug-likeness (QED) is 0.352. The molecule has 0 bridgehead atoms. The Bertz CT molecular complexity index is 1180. The molecule has 3 rings (SSSR count). The van der Waals surface area contributed by atoms with Gasteiger partial charge in [-0.05, 0) is 57.8 Å². The number of hydrogen-bond acceptors (Lipinski definition) is 4. The van der Waals surface area contributed by atoms with Gasteiger partial charge in [-0.15, -0.1) is 0 Å². The Kier molecular flexibility index (Phi) is 16.9. The first-order chi connectivity index (χ1) is 18.2. The zero-order valence-electron chi connectivity index (χ0n) is 28.7. The molecule has 44 heavy (non-hydrogen) atoms. The number of halogens is 3. The van der Waals surface area contributed by atoms with Crippen LogP contribution >= 0.6 is 0 Å². The average molecular weight is 708 g/mol. The van der Waals surface area contributed by atoms with Crippen molar-refractivity contribution in [1.82, 2.24) is 0 Å². The summed E-state index contributed by atoms with van der Waals surface area (Å²) in [6.07, 6.45) is 7.90. The number of nitrogens with zero attached hydrogens (tertiary/aromatic N) is 2. The predicted octanol–water partition coefficient (Wildman–Crippen LogP) is 0.147. The normalized spacial score (nSPS) is 17.8. The molecule has 2 unspecified atom stereocenters. The Labute approximate surface area is 297 Å². The van der Waals surface area contributed by atoms with Gasteiger partial charge in [0.2, 0.25) is 0 Å². The Hall–Kier alpha value is -1.23. The van der Waals surface area contributed by atoms with Crippen molar-refractivity contribution in [2.24, 2.45) is 9.98 Å². The van der Waals surface area contributed by atoms with E-state index in [1.165, 1.54) is 11.1 Å². The molecule has 0 amide bonds. The molecule has 1 aliphatic carbocycles. The fourth-order valence-electron chi connectivity index (χ4n) is 5.31. The summed E-state index contributed by atoms with van der Waals surface area (Å²) in [6, 6.07) is 8.53. The second-order valence-electron chi connectivity index (χ2n) is 15.9. The maximum Gasteiger partial charge on any atom is 3.00 e. The standard InChI is InChI=1S/C36H54N2O2.3ClH.Mn/c1-33(2,3)25-17-23(31(39)27(19-25)35(7,8)9)21-37-29-15-13-14-16-30(29)38-22-24-18-26(34(4,5)6)20-28(32(24)40)36(10,11)12;;;;/h17-22,29-30,39-40H,13-16H2,1-12H3;3*1H;/q;;;;+3/p-3. The Morgan fingerprint density at radius 3 is 1.09 bits per heavy atom. The van der Waals surface area contributed by atoms with Crippen LogP contribution in [0.5, 0.6) is 11.5 Å². The van der Waals surface area contributed by atoms with E-state index >= 15 is 0 Å². The van der Waals surface area contributed by atoms with Crippen molar-refractivity contribution in [3.63, 3.8) is 0 Å². The fourth-order valence-corrected chi connectivity index (χ4v) is 5.31. The molecule has 2 atom stereocenters. The molecule has 2 N–H and O–H groups in total. The molecular formula is C36H54Cl3MnN2O2. The number of aliphatic imine (C=N–C) groups is 2. The molecule has 0 spiro atoms. The van der Waals surface area contributed by atoms with Crippen molar-refractivity contribution < 1.29 is 64.5 Å². The Morgan fingerprint density at radius 2 is 0.841 bits per heavy atom. The second-order valence-corrected chi connectivity index (χ2v) is 15.9. The predicted molar refractivity (Wildman–Crippen MR) is 172 cm³/mol. The number of benzene rings is 2. The van der Waals surface area contributed by atoms with Crippen LogP contribution in [0, 0.1) is 0 Å². The number of hydrogen-bond donors (Lipinski definition) is 2. The summed E-state index contributed by atoms with van der Waals surface area (Å²) in [4.78, 5) is 10.1. The van der Waals surface area contributed by atoms with Crippen molar-refractivity contribution in [3.8, 4) is 11.5 Å². The Morgan fingerprint density at radius 1 is 0.545 bits per heavy atom. The molecule has 2 aromatic rings. The molecule has 1 saturated carbocycles.